The van der Waals surface area contributed by atoms with Crippen molar-refractivity contribution < 1.29 is 4.74 Å². The summed E-state index contributed by atoms with van der Waals surface area (Å²) in [5, 5.41) is 12.2. The Bertz CT molecular complexity index is 1170. The van der Waals surface area contributed by atoms with E-state index in [0.29, 0.717) is 24.7 Å². The first-order valence-corrected chi connectivity index (χ1v) is 8.92. The van der Waals surface area contributed by atoms with E-state index in [-0.39, 0.29) is 17.6 Å². The molecule has 1 N–H and O–H groups in total. The van der Waals surface area contributed by atoms with Gasteiger partial charge in [0.25, 0.3) is 5.56 Å². The second kappa shape index (κ2) is 6.86. The van der Waals surface area contributed by atoms with Gasteiger partial charge in [-0.05, 0) is 24.3 Å². The standard InChI is InChI=1S/C19H17N7O2/c27-18-4-3-14(13-2-1-6-20-10-13)24-26(18)17-12-28-11-15(17)23-19-16-5-7-22-25(16)9-8-21-19/h1-10,15,17H,11-12H2,(H,21,23). The lowest BCUT2D eigenvalue weighted by Gasteiger charge is -2.21. The summed E-state index contributed by atoms with van der Waals surface area (Å²) in [6.07, 6.45) is 8.61. The van der Waals surface area contributed by atoms with Gasteiger partial charge >= 0.3 is 0 Å². The topological polar surface area (TPSA) is 99.2 Å². The first-order chi connectivity index (χ1) is 13.8. The molecule has 1 saturated heterocycles. The van der Waals surface area contributed by atoms with Crippen molar-refractivity contribution in [1.29, 1.82) is 0 Å². The van der Waals surface area contributed by atoms with Gasteiger partial charge in [0.1, 0.15) is 11.6 Å². The van der Waals surface area contributed by atoms with E-state index < -0.39 is 0 Å². The van der Waals surface area contributed by atoms with Gasteiger partial charge in [0.2, 0.25) is 0 Å². The van der Waals surface area contributed by atoms with Crippen molar-refractivity contribution in [3.05, 3.63) is 71.7 Å². The van der Waals surface area contributed by atoms with Crippen molar-refractivity contribution >= 4 is 11.3 Å². The molecule has 9 nitrogen and oxygen atoms in total. The van der Waals surface area contributed by atoms with Gasteiger partial charge in [0, 0.05) is 36.4 Å². The van der Waals surface area contributed by atoms with Crippen LogP contribution >= 0.6 is 0 Å². The SMILES string of the molecule is O=c1ccc(-c2cccnc2)nn1C1COCC1Nc1nccn2nccc12. The molecule has 0 aliphatic carbocycles. The summed E-state index contributed by atoms with van der Waals surface area (Å²) in [5.41, 5.74) is 2.22. The van der Waals surface area contributed by atoms with E-state index in [0.717, 1.165) is 11.1 Å². The highest BCUT2D eigenvalue weighted by molar-refractivity contribution is 5.67. The zero-order valence-corrected chi connectivity index (χ0v) is 14.8. The van der Waals surface area contributed by atoms with Gasteiger partial charge in [0.05, 0.1) is 31.1 Å². The Kier molecular flexibility index (Phi) is 4.06. The Balaban J connectivity index is 1.49. The Morgan fingerprint density at radius 3 is 2.96 bits per heavy atom. The lowest BCUT2D eigenvalue weighted by molar-refractivity contribution is 0.183. The molecule has 0 saturated carbocycles. The Morgan fingerprint density at radius 1 is 1.11 bits per heavy atom. The number of pyridine rings is 1. The molecule has 4 aromatic heterocycles. The molecule has 2 atom stereocenters. The van der Waals surface area contributed by atoms with Gasteiger partial charge in [-0.15, -0.1) is 0 Å². The van der Waals surface area contributed by atoms with Crippen LogP contribution in [-0.4, -0.2) is 48.6 Å². The summed E-state index contributed by atoms with van der Waals surface area (Å²) >= 11 is 0. The van der Waals surface area contributed by atoms with Crippen molar-refractivity contribution in [2.24, 2.45) is 0 Å². The van der Waals surface area contributed by atoms with Gasteiger partial charge in [0.15, 0.2) is 5.82 Å². The monoisotopic (exact) mass is 375 g/mol. The van der Waals surface area contributed by atoms with Gasteiger partial charge in [-0.25, -0.2) is 14.2 Å². The Morgan fingerprint density at radius 2 is 2.07 bits per heavy atom. The maximum Gasteiger partial charge on any atom is 0.267 e. The Labute approximate surface area is 159 Å². The summed E-state index contributed by atoms with van der Waals surface area (Å²) in [4.78, 5) is 21.1. The molecule has 140 valence electrons. The first-order valence-electron chi connectivity index (χ1n) is 8.92. The second-order valence-electron chi connectivity index (χ2n) is 6.54. The molecule has 0 aromatic carbocycles. The van der Waals surface area contributed by atoms with Crippen molar-refractivity contribution in [2.45, 2.75) is 12.1 Å². The zero-order valence-electron chi connectivity index (χ0n) is 14.8. The minimum Gasteiger partial charge on any atom is -0.377 e. The number of nitrogens with one attached hydrogen (secondary N) is 1. The molecule has 4 aromatic rings. The highest BCUT2D eigenvalue weighted by Crippen LogP contribution is 2.24. The molecule has 0 bridgehead atoms. The predicted molar refractivity (Wildman–Crippen MR) is 102 cm³/mol. The van der Waals surface area contributed by atoms with Crippen molar-refractivity contribution in [3.8, 4) is 11.3 Å². The molecule has 1 aliphatic rings. The molecule has 1 aliphatic heterocycles. The largest absolute Gasteiger partial charge is 0.377 e. The number of anilines is 1. The fourth-order valence-corrected chi connectivity index (χ4v) is 3.40. The summed E-state index contributed by atoms with van der Waals surface area (Å²) in [5.74, 6) is 0.692. The van der Waals surface area contributed by atoms with Crippen LogP contribution in [0.2, 0.25) is 0 Å². The zero-order chi connectivity index (χ0) is 18.9. The smallest absolute Gasteiger partial charge is 0.267 e. The lowest BCUT2D eigenvalue weighted by Crippen LogP contribution is -2.37. The van der Waals surface area contributed by atoms with Crippen LogP contribution < -0.4 is 10.9 Å². The third kappa shape index (κ3) is 2.91. The van der Waals surface area contributed by atoms with Crippen LogP contribution in [0.4, 0.5) is 5.82 Å². The molecular formula is C19H17N7O2. The number of ether oxygens (including phenoxy) is 1. The summed E-state index contributed by atoms with van der Waals surface area (Å²) < 4.78 is 8.90. The van der Waals surface area contributed by atoms with Crippen LogP contribution in [0.3, 0.4) is 0 Å². The van der Waals surface area contributed by atoms with Gasteiger partial charge in [-0.3, -0.25) is 9.78 Å². The van der Waals surface area contributed by atoms with E-state index in [1.54, 1.807) is 41.6 Å². The number of fused-ring (bicyclic) bond motifs is 1. The maximum absolute atomic E-state index is 12.5. The number of hydrogen-bond donors (Lipinski definition) is 1. The van der Waals surface area contributed by atoms with Crippen molar-refractivity contribution in [2.75, 3.05) is 18.5 Å². The number of aromatic nitrogens is 6. The number of rotatable bonds is 4. The van der Waals surface area contributed by atoms with E-state index in [4.69, 9.17) is 4.74 Å². The minimum atomic E-state index is -0.255. The summed E-state index contributed by atoms with van der Waals surface area (Å²) in [6.45, 7) is 0.843. The van der Waals surface area contributed by atoms with E-state index >= 15 is 0 Å². The van der Waals surface area contributed by atoms with E-state index in [9.17, 15) is 4.79 Å². The highest BCUT2D eigenvalue weighted by Gasteiger charge is 2.32. The molecule has 5 heterocycles. The molecule has 28 heavy (non-hydrogen) atoms. The fraction of sp³-hybridized carbons (Fsp3) is 0.211. The van der Waals surface area contributed by atoms with Gasteiger partial charge < -0.3 is 10.1 Å². The van der Waals surface area contributed by atoms with Crippen LogP contribution in [0.25, 0.3) is 16.8 Å². The number of hydrogen-bond acceptors (Lipinski definition) is 7. The van der Waals surface area contributed by atoms with E-state index in [2.05, 4.69) is 25.5 Å². The average molecular weight is 375 g/mol. The average Bonchev–Trinajstić information content (AvgIpc) is 3.39. The van der Waals surface area contributed by atoms with Crippen LogP contribution in [0.5, 0.6) is 0 Å². The normalized spacial score (nSPS) is 19.1. The van der Waals surface area contributed by atoms with Crippen molar-refractivity contribution in [1.82, 2.24) is 29.4 Å². The summed E-state index contributed by atoms with van der Waals surface area (Å²) in [6, 6.07) is 8.47. The number of nitrogens with zero attached hydrogens (tertiary/aromatic N) is 6. The second-order valence-corrected chi connectivity index (χ2v) is 6.54. The minimum absolute atomic E-state index is 0.150. The van der Waals surface area contributed by atoms with Crippen LogP contribution in [0.1, 0.15) is 6.04 Å². The molecule has 5 rings (SSSR count). The van der Waals surface area contributed by atoms with E-state index in [1.807, 2.05) is 18.2 Å². The third-order valence-electron chi connectivity index (χ3n) is 4.79. The van der Waals surface area contributed by atoms with Gasteiger partial charge in [-0.2, -0.15) is 10.2 Å². The maximum atomic E-state index is 12.5. The van der Waals surface area contributed by atoms with Gasteiger partial charge in [-0.1, -0.05) is 0 Å². The molecule has 9 heteroatoms. The predicted octanol–water partition coefficient (Wildman–Crippen LogP) is 1.40. The molecule has 0 spiro atoms. The lowest BCUT2D eigenvalue weighted by atomic mass is 10.1. The first kappa shape index (κ1) is 16.6. The van der Waals surface area contributed by atoms with Crippen LogP contribution in [0, 0.1) is 0 Å². The Hall–Kier alpha value is -3.59. The quantitative estimate of drug-likeness (QED) is 0.575. The molecule has 2 unspecified atom stereocenters. The molecule has 0 radical (unpaired) electrons. The van der Waals surface area contributed by atoms with Crippen LogP contribution in [-0.2, 0) is 4.74 Å². The van der Waals surface area contributed by atoms with E-state index in [1.165, 1.54) is 10.7 Å². The molecular weight excluding hydrogens is 358 g/mol. The fourth-order valence-electron chi connectivity index (χ4n) is 3.40. The van der Waals surface area contributed by atoms with Crippen molar-refractivity contribution in [3.63, 3.8) is 0 Å². The molecule has 0 amide bonds. The summed E-state index contributed by atoms with van der Waals surface area (Å²) in [7, 11) is 0. The molecule has 1 fully saturated rings. The third-order valence-corrected chi connectivity index (χ3v) is 4.79. The van der Waals surface area contributed by atoms with Crippen LogP contribution in [0.15, 0.2) is 66.1 Å². The highest BCUT2D eigenvalue weighted by atomic mass is 16.5.